The minimum absolute atomic E-state index is 0.0962. The maximum absolute atomic E-state index is 12.7. The van der Waals surface area contributed by atoms with Crippen molar-refractivity contribution in [1.82, 2.24) is 9.38 Å². The highest BCUT2D eigenvalue weighted by molar-refractivity contribution is 7.92. The molecule has 0 aliphatic heterocycles. The molecule has 0 saturated carbocycles. The van der Waals surface area contributed by atoms with Gasteiger partial charge < -0.3 is 4.42 Å². The Kier molecular flexibility index (Phi) is 3.37. The van der Waals surface area contributed by atoms with Crippen molar-refractivity contribution in [3.05, 3.63) is 57.5 Å². The number of hydrogen-bond acceptors (Lipinski definition) is 6. The number of thiazole rings is 1. The monoisotopic (exact) mass is 381 g/mol. The van der Waals surface area contributed by atoms with Crippen LogP contribution in [0.15, 0.2) is 56.1 Å². The second-order valence-corrected chi connectivity index (χ2v) is 7.70. The molecule has 0 spiro atoms. The first-order valence-corrected chi connectivity index (χ1v) is 9.36. The highest BCUT2D eigenvalue weighted by Gasteiger charge is 2.25. The fourth-order valence-corrected chi connectivity index (χ4v) is 4.82. The predicted molar refractivity (Wildman–Crippen MR) is 91.4 cm³/mol. The van der Waals surface area contributed by atoms with Crippen LogP contribution >= 0.6 is 22.9 Å². The number of hydrogen-bond donors (Lipinski definition) is 1. The lowest BCUT2D eigenvalue weighted by molar-refractivity contribution is 0.561. The maximum Gasteiger partial charge on any atom is 0.336 e. The fourth-order valence-electron chi connectivity index (χ4n) is 2.32. The van der Waals surface area contributed by atoms with E-state index in [2.05, 4.69) is 9.71 Å². The van der Waals surface area contributed by atoms with Crippen LogP contribution in [0.5, 0.6) is 0 Å². The van der Waals surface area contributed by atoms with Gasteiger partial charge in [0.25, 0.3) is 10.0 Å². The molecule has 3 aromatic heterocycles. The van der Waals surface area contributed by atoms with Gasteiger partial charge in [-0.15, -0.1) is 11.3 Å². The molecule has 10 heteroatoms. The Morgan fingerprint density at radius 3 is 2.92 bits per heavy atom. The van der Waals surface area contributed by atoms with Crippen LogP contribution in [0.25, 0.3) is 15.9 Å². The van der Waals surface area contributed by atoms with E-state index in [1.54, 1.807) is 23.7 Å². The van der Waals surface area contributed by atoms with Crippen LogP contribution < -0.4 is 10.3 Å². The van der Waals surface area contributed by atoms with Gasteiger partial charge in [0, 0.05) is 28.7 Å². The molecule has 4 rings (SSSR count). The zero-order valence-electron chi connectivity index (χ0n) is 11.8. The largest absolute Gasteiger partial charge is 0.423 e. The summed E-state index contributed by atoms with van der Waals surface area (Å²) in [5.74, 6) is 0. The Labute approximate surface area is 144 Å². The lowest BCUT2D eigenvalue weighted by Gasteiger charge is -2.08. The van der Waals surface area contributed by atoms with Crippen molar-refractivity contribution >= 4 is 54.6 Å². The number of benzene rings is 1. The SMILES string of the molecule is O=c1ccc2cc(NS(=O)(=O)c3c(Cl)nc4sccn34)ccc2o1. The fraction of sp³-hybridized carbons (Fsp3) is 0. The Morgan fingerprint density at radius 1 is 1.25 bits per heavy atom. The van der Waals surface area contributed by atoms with E-state index in [-0.39, 0.29) is 10.2 Å². The smallest absolute Gasteiger partial charge is 0.336 e. The molecule has 0 unspecified atom stereocenters. The lowest BCUT2D eigenvalue weighted by Crippen LogP contribution is -2.15. The third-order valence-corrected chi connectivity index (χ3v) is 5.84. The third-order valence-electron chi connectivity index (χ3n) is 3.30. The number of aromatic nitrogens is 2. The van der Waals surface area contributed by atoms with Gasteiger partial charge in [0.05, 0.1) is 0 Å². The first-order valence-electron chi connectivity index (χ1n) is 6.62. The molecule has 4 aromatic rings. The molecule has 0 fully saturated rings. The quantitative estimate of drug-likeness (QED) is 0.550. The summed E-state index contributed by atoms with van der Waals surface area (Å²) in [5, 5.41) is 2.09. The van der Waals surface area contributed by atoms with Gasteiger partial charge in [0.15, 0.2) is 15.1 Å². The number of nitrogens with one attached hydrogen (secondary N) is 1. The van der Waals surface area contributed by atoms with Gasteiger partial charge in [-0.3, -0.25) is 9.12 Å². The molecule has 7 nitrogen and oxygen atoms in total. The molecular weight excluding hydrogens is 374 g/mol. The van der Waals surface area contributed by atoms with E-state index in [1.807, 2.05) is 0 Å². The summed E-state index contributed by atoms with van der Waals surface area (Å²) in [6.45, 7) is 0. The molecule has 1 aromatic carbocycles. The Hall–Kier alpha value is -2.36. The second kappa shape index (κ2) is 5.33. The normalized spacial score (nSPS) is 12.0. The van der Waals surface area contributed by atoms with Crippen LogP contribution in [0.3, 0.4) is 0 Å². The number of anilines is 1. The minimum atomic E-state index is -3.94. The highest BCUT2D eigenvalue weighted by Crippen LogP contribution is 2.28. The number of sulfonamides is 1. The average Bonchev–Trinajstić information content (AvgIpc) is 3.06. The first kappa shape index (κ1) is 15.2. The van der Waals surface area contributed by atoms with E-state index in [9.17, 15) is 13.2 Å². The van der Waals surface area contributed by atoms with Crippen LogP contribution in [0.2, 0.25) is 5.15 Å². The molecule has 0 aliphatic rings. The van der Waals surface area contributed by atoms with Gasteiger partial charge >= 0.3 is 5.63 Å². The average molecular weight is 382 g/mol. The van der Waals surface area contributed by atoms with Gasteiger partial charge in [0.1, 0.15) is 5.58 Å². The molecule has 0 bridgehead atoms. The van der Waals surface area contributed by atoms with Crippen molar-refractivity contribution in [2.24, 2.45) is 0 Å². The summed E-state index contributed by atoms with van der Waals surface area (Å²) in [6, 6.07) is 7.41. The van der Waals surface area contributed by atoms with Crippen molar-refractivity contribution in [2.45, 2.75) is 5.03 Å². The lowest BCUT2D eigenvalue weighted by atomic mass is 10.2. The van der Waals surface area contributed by atoms with E-state index >= 15 is 0 Å². The van der Waals surface area contributed by atoms with Crippen molar-refractivity contribution < 1.29 is 12.8 Å². The number of imidazole rings is 1. The number of nitrogens with zero attached hydrogens (tertiary/aromatic N) is 2. The Morgan fingerprint density at radius 2 is 2.08 bits per heavy atom. The number of rotatable bonds is 3. The molecule has 122 valence electrons. The van der Waals surface area contributed by atoms with Gasteiger partial charge in [-0.1, -0.05) is 11.6 Å². The standard InChI is InChI=1S/C14H8ClN3O4S2/c15-12-13(18-5-6-23-14(18)16-12)24(20,21)17-9-2-3-10-8(7-9)1-4-11(19)22-10/h1-7,17H. The second-order valence-electron chi connectivity index (χ2n) is 4.88. The van der Waals surface area contributed by atoms with E-state index in [1.165, 1.54) is 33.9 Å². The molecule has 3 heterocycles. The predicted octanol–water partition coefficient (Wildman–Crippen LogP) is 2.96. The summed E-state index contributed by atoms with van der Waals surface area (Å²) in [4.78, 5) is 15.7. The van der Waals surface area contributed by atoms with Gasteiger partial charge in [-0.05, 0) is 24.3 Å². The van der Waals surface area contributed by atoms with Crippen molar-refractivity contribution in [2.75, 3.05) is 4.72 Å². The Balaban J connectivity index is 1.79. The summed E-state index contributed by atoms with van der Waals surface area (Å²) >= 11 is 7.26. The van der Waals surface area contributed by atoms with E-state index in [0.717, 1.165) is 0 Å². The van der Waals surface area contributed by atoms with Crippen molar-refractivity contribution in [3.63, 3.8) is 0 Å². The molecule has 0 amide bonds. The molecule has 0 saturated heterocycles. The van der Waals surface area contributed by atoms with Gasteiger partial charge in [-0.2, -0.15) is 8.42 Å². The molecule has 1 N–H and O–H groups in total. The Bertz CT molecular complexity index is 1240. The van der Waals surface area contributed by atoms with Crippen LogP contribution in [0.1, 0.15) is 0 Å². The molecular formula is C14H8ClN3O4S2. The van der Waals surface area contributed by atoms with Crippen molar-refractivity contribution in [1.29, 1.82) is 0 Å². The number of halogens is 1. The molecule has 24 heavy (non-hydrogen) atoms. The molecule has 0 aliphatic carbocycles. The summed E-state index contributed by atoms with van der Waals surface area (Å²) < 4.78 is 34.2. The molecule has 0 atom stereocenters. The minimum Gasteiger partial charge on any atom is -0.423 e. The zero-order valence-corrected chi connectivity index (χ0v) is 14.2. The summed E-state index contributed by atoms with van der Waals surface area (Å²) in [6.07, 6.45) is 1.59. The van der Waals surface area contributed by atoms with Gasteiger partial charge in [0.2, 0.25) is 0 Å². The maximum atomic E-state index is 12.7. The van der Waals surface area contributed by atoms with Crippen LogP contribution in [0, 0.1) is 0 Å². The molecule has 0 radical (unpaired) electrons. The van der Waals surface area contributed by atoms with E-state index in [4.69, 9.17) is 16.0 Å². The van der Waals surface area contributed by atoms with Crippen LogP contribution in [-0.2, 0) is 10.0 Å². The highest BCUT2D eigenvalue weighted by atomic mass is 35.5. The zero-order chi connectivity index (χ0) is 16.9. The van der Waals surface area contributed by atoms with Crippen LogP contribution in [0.4, 0.5) is 5.69 Å². The topological polar surface area (TPSA) is 93.7 Å². The summed E-state index contributed by atoms with van der Waals surface area (Å²) in [7, 11) is -3.94. The van der Waals surface area contributed by atoms with Crippen LogP contribution in [-0.4, -0.2) is 17.8 Å². The summed E-state index contributed by atoms with van der Waals surface area (Å²) in [5.41, 5.74) is 0.215. The first-order chi connectivity index (χ1) is 11.4. The van der Waals surface area contributed by atoms with Gasteiger partial charge in [-0.25, -0.2) is 9.78 Å². The van der Waals surface area contributed by atoms with E-state index < -0.39 is 15.6 Å². The number of fused-ring (bicyclic) bond motifs is 2. The van der Waals surface area contributed by atoms with E-state index in [0.29, 0.717) is 21.6 Å². The van der Waals surface area contributed by atoms with Crippen molar-refractivity contribution in [3.8, 4) is 0 Å². The third kappa shape index (κ3) is 2.46.